The fourth-order valence-electron chi connectivity index (χ4n) is 4.71. The number of nitrogens with zero attached hydrogens (tertiary/aromatic N) is 3. The summed E-state index contributed by atoms with van der Waals surface area (Å²) in [4.78, 5) is 13.7. The minimum atomic E-state index is -0.862. The number of fused-ring (bicyclic) bond motifs is 2. The molecule has 2 aliphatic rings. The number of halogens is 3. The van der Waals surface area contributed by atoms with E-state index in [1.54, 1.807) is 27.8 Å². The second kappa shape index (κ2) is 7.43. The SMILES string of the molecule is CC(=O)N1CCc2c(c(-c3ccc(F)cc3)nn2[C@@H]2c3cc(Cl)cc(F)c3C[C@H]2O)C1. The van der Waals surface area contributed by atoms with Gasteiger partial charge in [-0.1, -0.05) is 11.6 Å². The molecule has 0 radical (unpaired) electrons. The van der Waals surface area contributed by atoms with Gasteiger partial charge in [-0.05, 0) is 47.5 Å². The number of rotatable bonds is 2. The monoisotopic (exact) mass is 443 g/mol. The molecule has 0 spiro atoms. The Labute approximate surface area is 182 Å². The Kier molecular flexibility index (Phi) is 4.83. The van der Waals surface area contributed by atoms with E-state index in [4.69, 9.17) is 16.7 Å². The summed E-state index contributed by atoms with van der Waals surface area (Å²) in [7, 11) is 0. The van der Waals surface area contributed by atoms with Crippen molar-refractivity contribution in [1.82, 2.24) is 14.7 Å². The molecule has 0 bridgehead atoms. The van der Waals surface area contributed by atoms with E-state index in [9.17, 15) is 18.7 Å². The van der Waals surface area contributed by atoms with Crippen LogP contribution in [0, 0.1) is 11.6 Å². The third-order valence-corrected chi connectivity index (χ3v) is 6.42. The summed E-state index contributed by atoms with van der Waals surface area (Å²) in [6.07, 6.45) is -0.146. The average molecular weight is 444 g/mol. The third-order valence-electron chi connectivity index (χ3n) is 6.20. The highest BCUT2D eigenvalue weighted by Gasteiger charge is 2.39. The molecule has 2 heterocycles. The summed E-state index contributed by atoms with van der Waals surface area (Å²) in [6.45, 7) is 2.42. The largest absolute Gasteiger partial charge is 0.390 e. The van der Waals surface area contributed by atoms with Gasteiger partial charge in [0.15, 0.2) is 0 Å². The van der Waals surface area contributed by atoms with Crippen molar-refractivity contribution in [3.63, 3.8) is 0 Å². The van der Waals surface area contributed by atoms with Crippen molar-refractivity contribution >= 4 is 17.5 Å². The van der Waals surface area contributed by atoms with Crippen LogP contribution in [0.4, 0.5) is 8.78 Å². The molecule has 1 N–H and O–H groups in total. The predicted molar refractivity (Wildman–Crippen MR) is 112 cm³/mol. The Morgan fingerprint density at radius 3 is 2.65 bits per heavy atom. The zero-order valence-corrected chi connectivity index (χ0v) is 17.5. The molecule has 2 atom stereocenters. The summed E-state index contributed by atoms with van der Waals surface area (Å²) >= 11 is 6.11. The molecule has 2 aromatic carbocycles. The molecule has 1 aliphatic heterocycles. The molecular formula is C23H20ClF2N3O2. The van der Waals surface area contributed by atoms with Gasteiger partial charge in [0.25, 0.3) is 0 Å². The highest BCUT2D eigenvalue weighted by molar-refractivity contribution is 6.30. The molecule has 3 aromatic rings. The van der Waals surface area contributed by atoms with Gasteiger partial charge < -0.3 is 10.0 Å². The van der Waals surface area contributed by atoms with Crippen LogP contribution in [0.1, 0.15) is 35.3 Å². The van der Waals surface area contributed by atoms with E-state index < -0.39 is 18.0 Å². The second-order valence-corrected chi connectivity index (χ2v) is 8.52. The van der Waals surface area contributed by atoms with Crippen molar-refractivity contribution in [2.24, 2.45) is 0 Å². The van der Waals surface area contributed by atoms with E-state index in [1.165, 1.54) is 25.1 Å². The Hall–Kier alpha value is -2.77. The standard InChI is InChI=1S/C23H20ClF2N3O2/c1-12(30)28-7-6-20-18(11-28)22(13-2-4-15(25)5-3-13)27-29(20)23-17-8-14(24)9-19(26)16(17)10-21(23)31/h2-5,8-9,21,23,31H,6-7,10-11H2,1H3/t21-,23-/m1/s1. The van der Waals surface area contributed by atoms with Crippen molar-refractivity contribution in [3.05, 3.63) is 75.4 Å². The molecule has 1 aliphatic carbocycles. The molecule has 0 saturated carbocycles. The van der Waals surface area contributed by atoms with Crippen LogP contribution < -0.4 is 0 Å². The van der Waals surface area contributed by atoms with Crippen LogP contribution in [-0.2, 0) is 24.2 Å². The van der Waals surface area contributed by atoms with Crippen LogP contribution in [-0.4, -0.2) is 38.3 Å². The number of carbonyl (C=O) groups excluding carboxylic acids is 1. The van der Waals surface area contributed by atoms with Crippen molar-refractivity contribution in [2.45, 2.75) is 38.5 Å². The maximum atomic E-state index is 14.5. The normalized spacial score (nSPS) is 20.0. The van der Waals surface area contributed by atoms with Crippen molar-refractivity contribution in [2.75, 3.05) is 6.54 Å². The van der Waals surface area contributed by atoms with E-state index >= 15 is 0 Å². The van der Waals surface area contributed by atoms with Gasteiger partial charge in [-0.15, -0.1) is 0 Å². The number of amides is 1. The third kappa shape index (κ3) is 3.32. The number of benzene rings is 2. The van der Waals surface area contributed by atoms with Crippen molar-refractivity contribution < 1.29 is 18.7 Å². The first-order chi connectivity index (χ1) is 14.8. The fraction of sp³-hybridized carbons (Fsp3) is 0.304. The van der Waals surface area contributed by atoms with E-state index in [0.717, 1.165) is 11.3 Å². The highest BCUT2D eigenvalue weighted by Crippen LogP contribution is 2.41. The Morgan fingerprint density at radius 2 is 1.94 bits per heavy atom. The van der Waals surface area contributed by atoms with Gasteiger partial charge in [-0.2, -0.15) is 5.10 Å². The lowest BCUT2D eigenvalue weighted by atomic mass is 10.00. The Morgan fingerprint density at radius 1 is 1.19 bits per heavy atom. The molecule has 0 unspecified atom stereocenters. The summed E-state index contributed by atoms with van der Waals surface area (Å²) in [5.41, 5.74) is 4.14. The lowest BCUT2D eigenvalue weighted by molar-refractivity contribution is -0.129. The number of hydrogen-bond donors (Lipinski definition) is 1. The van der Waals surface area contributed by atoms with E-state index in [2.05, 4.69) is 0 Å². The molecule has 31 heavy (non-hydrogen) atoms. The van der Waals surface area contributed by atoms with Crippen LogP contribution in [0.3, 0.4) is 0 Å². The first-order valence-electron chi connectivity index (χ1n) is 10.1. The van der Waals surface area contributed by atoms with Gasteiger partial charge in [0, 0.05) is 54.7 Å². The molecule has 0 saturated heterocycles. The highest BCUT2D eigenvalue weighted by atomic mass is 35.5. The van der Waals surface area contributed by atoms with Gasteiger partial charge >= 0.3 is 0 Å². The summed E-state index contributed by atoms with van der Waals surface area (Å²) in [5.74, 6) is -0.831. The minimum Gasteiger partial charge on any atom is -0.390 e. The fourth-order valence-corrected chi connectivity index (χ4v) is 4.92. The number of aliphatic hydroxyl groups is 1. The molecule has 5 nitrogen and oxygen atoms in total. The lowest BCUT2D eigenvalue weighted by Crippen LogP contribution is -2.35. The van der Waals surface area contributed by atoms with Gasteiger partial charge in [-0.25, -0.2) is 8.78 Å². The summed E-state index contributed by atoms with van der Waals surface area (Å²) in [5, 5.41) is 15.9. The Bertz CT molecular complexity index is 1190. The smallest absolute Gasteiger partial charge is 0.219 e. The van der Waals surface area contributed by atoms with Gasteiger partial charge in [-0.3, -0.25) is 9.48 Å². The Balaban J connectivity index is 1.69. The lowest BCUT2D eigenvalue weighted by Gasteiger charge is -2.28. The van der Waals surface area contributed by atoms with E-state index in [-0.39, 0.29) is 23.2 Å². The maximum absolute atomic E-state index is 14.5. The van der Waals surface area contributed by atoms with Crippen LogP contribution in [0.2, 0.25) is 5.02 Å². The van der Waals surface area contributed by atoms with Crippen molar-refractivity contribution in [1.29, 1.82) is 0 Å². The molecule has 0 fully saturated rings. The zero-order chi connectivity index (χ0) is 21.9. The molecule has 5 rings (SSSR count). The molecular weight excluding hydrogens is 424 g/mol. The zero-order valence-electron chi connectivity index (χ0n) is 16.8. The van der Waals surface area contributed by atoms with Crippen LogP contribution >= 0.6 is 11.6 Å². The van der Waals surface area contributed by atoms with Crippen LogP contribution in [0.25, 0.3) is 11.3 Å². The van der Waals surface area contributed by atoms with Crippen molar-refractivity contribution in [3.8, 4) is 11.3 Å². The molecule has 160 valence electrons. The number of hydrogen-bond acceptors (Lipinski definition) is 3. The van der Waals surface area contributed by atoms with Gasteiger partial charge in [0.1, 0.15) is 17.7 Å². The first-order valence-corrected chi connectivity index (χ1v) is 10.5. The van der Waals surface area contributed by atoms with E-state index in [0.29, 0.717) is 41.9 Å². The van der Waals surface area contributed by atoms with Gasteiger partial charge in [0.2, 0.25) is 5.91 Å². The molecule has 1 amide bonds. The minimum absolute atomic E-state index is 0.0384. The second-order valence-electron chi connectivity index (χ2n) is 8.09. The van der Waals surface area contributed by atoms with E-state index in [1.807, 2.05) is 0 Å². The molecule has 8 heteroatoms. The predicted octanol–water partition coefficient (Wildman–Crippen LogP) is 3.89. The quantitative estimate of drug-likeness (QED) is 0.653. The first kappa shape index (κ1) is 20.2. The summed E-state index contributed by atoms with van der Waals surface area (Å²) < 4.78 is 29.7. The number of aliphatic hydroxyl groups excluding tert-OH is 1. The summed E-state index contributed by atoms with van der Waals surface area (Å²) in [6, 6.07) is 8.35. The number of carbonyl (C=O) groups is 1. The average Bonchev–Trinajstić information content (AvgIpc) is 3.25. The molecule has 1 aromatic heterocycles. The maximum Gasteiger partial charge on any atom is 0.219 e. The van der Waals surface area contributed by atoms with Crippen LogP contribution in [0.15, 0.2) is 36.4 Å². The number of aromatic nitrogens is 2. The van der Waals surface area contributed by atoms with Gasteiger partial charge in [0.05, 0.1) is 11.8 Å². The van der Waals surface area contributed by atoms with Crippen LogP contribution in [0.5, 0.6) is 0 Å². The topological polar surface area (TPSA) is 58.4 Å².